The molecule has 0 bridgehead atoms. The van der Waals surface area contributed by atoms with E-state index in [4.69, 9.17) is 4.98 Å². The van der Waals surface area contributed by atoms with Crippen molar-refractivity contribution in [2.24, 2.45) is 0 Å². The number of aromatic nitrogens is 1. The average molecular weight is 798 g/mol. The first-order valence-electron chi connectivity index (χ1n) is 21.4. The van der Waals surface area contributed by atoms with Gasteiger partial charge in [0.1, 0.15) is 0 Å². The molecule has 2 heterocycles. The second kappa shape index (κ2) is 16.0. The van der Waals surface area contributed by atoms with Crippen LogP contribution in [0.4, 0.5) is 34.1 Å². The largest absolute Gasteiger partial charge is 0.310 e. The predicted molar refractivity (Wildman–Crippen MR) is 264 cm³/mol. The number of allylic oxidation sites excluding steroid dienone is 1. The fraction of sp³-hybridized carbons (Fsp3) is 0.0678. The molecule has 0 radical (unpaired) electrons. The lowest BCUT2D eigenvalue weighted by Crippen LogP contribution is -2.31. The van der Waals surface area contributed by atoms with Gasteiger partial charge in [0.25, 0.3) is 0 Å². The van der Waals surface area contributed by atoms with Crippen molar-refractivity contribution in [3.05, 3.63) is 235 Å². The summed E-state index contributed by atoms with van der Waals surface area (Å²) in [5.41, 5.74) is 15.6. The molecule has 298 valence electrons. The van der Waals surface area contributed by atoms with Gasteiger partial charge in [-0.25, -0.2) is 4.98 Å². The maximum absolute atomic E-state index is 5.33. The standard InChI is InChI=1S/C59H47N3/c1-5-18-55-50(6-2)51-25-16-17-26-52(51)58(60-55)45-31-37-56-53(39-45)59(3,4)54-40-49(36-38-57(54)62(56)46-23-14-9-15-24-46)61(47-32-27-43(28-33-47)41-19-10-7-11-20-41)48-34-29-44(30-35-48)42-21-12-8-13-22-42/h5-40H,1H2,2-4H3/b50-6-,55-18+. The predicted octanol–water partition coefficient (Wildman–Crippen LogP) is 14.6. The molecule has 0 saturated carbocycles. The summed E-state index contributed by atoms with van der Waals surface area (Å²) in [4.78, 5) is 10.1. The first-order valence-corrected chi connectivity index (χ1v) is 21.4. The summed E-state index contributed by atoms with van der Waals surface area (Å²) in [6.45, 7) is 10.8. The minimum absolute atomic E-state index is 0.384. The van der Waals surface area contributed by atoms with Gasteiger partial charge in [-0.1, -0.05) is 166 Å². The van der Waals surface area contributed by atoms with E-state index >= 15 is 0 Å². The van der Waals surface area contributed by atoms with Crippen molar-refractivity contribution in [2.75, 3.05) is 9.80 Å². The molecule has 3 heteroatoms. The molecule has 9 aromatic rings. The van der Waals surface area contributed by atoms with Crippen LogP contribution in [0.25, 0.3) is 56.4 Å². The molecule has 8 aromatic carbocycles. The molecule has 1 aliphatic rings. The Bertz CT molecular complexity index is 3120. The number of hydrogen-bond donors (Lipinski definition) is 0. The van der Waals surface area contributed by atoms with Gasteiger partial charge >= 0.3 is 0 Å². The van der Waals surface area contributed by atoms with Gasteiger partial charge in [-0.05, 0) is 118 Å². The Hall–Kier alpha value is -7.75. The molecule has 1 aliphatic heterocycles. The van der Waals surface area contributed by atoms with E-state index in [1.807, 2.05) is 12.2 Å². The van der Waals surface area contributed by atoms with Gasteiger partial charge in [-0.2, -0.15) is 0 Å². The van der Waals surface area contributed by atoms with Crippen LogP contribution in [0.1, 0.15) is 31.9 Å². The maximum atomic E-state index is 5.33. The third-order valence-electron chi connectivity index (χ3n) is 12.4. The Morgan fingerprint density at radius 2 is 0.968 bits per heavy atom. The fourth-order valence-electron chi connectivity index (χ4n) is 9.25. The SMILES string of the molecule is C=C/C=c1/nc(-c2ccc3c(c2)C(C)(C)c2cc(N(c4ccc(-c5ccccc5)cc4)c4ccc(-c5ccccc5)cc4)ccc2N3c2ccccc2)c2ccccc2/c1=C/C. The number of pyridine rings is 1. The lowest BCUT2D eigenvalue weighted by molar-refractivity contribution is 0.632. The maximum Gasteiger partial charge on any atom is 0.0788 e. The smallest absolute Gasteiger partial charge is 0.0788 e. The molecule has 0 aliphatic carbocycles. The van der Waals surface area contributed by atoms with Gasteiger partial charge in [0.05, 0.1) is 22.4 Å². The highest BCUT2D eigenvalue weighted by Crippen LogP contribution is 2.54. The number of nitrogens with zero attached hydrogens (tertiary/aromatic N) is 3. The van der Waals surface area contributed by atoms with E-state index in [9.17, 15) is 0 Å². The van der Waals surface area contributed by atoms with Crippen molar-refractivity contribution in [2.45, 2.75) is 26.2 Å². The van der Waals surface area contributed by atoms with Crippen LogP contribution < -0.4 is 20.4 Å². The molecule has 62 heavy (non-hydrogen) atoms. The Morgan fingerprint density at radius 3 is 1.53 bits per heavy atom. The number of hydrogen-bond acceptors (Lipinski definition) is 3. The third-order valence-corrected chi connectivity index (χ3v) is 12.4. The van der Waals surface area contributed by atoms with Crippen molar-refractivity contribution < 1.29 is 0 Å². The highest BCUT2D eigenvalue weighted by Gasteiger charge is 2.38. The number of fused-ring (bicyclic) bond motifs is 3. The molecule has 0 spiro atoms. The monoisotopic (exact) mass is 797 g/mol. The van der Waals surface area contributed by atoms with Crippen LogP contribution in [0, 0.1) is 0 Å². The summed E-state index contributed by atoms with van der Waals surface area (Å²) < 4.78 is 0. The van der Waals surface area contributed by atoms with Crippen LogP contribution in [-0.2, 0) is 5.41 Å². The molecule has 0 saturated heterocycles. The van der Waals surface area contributed by atoms with Gasteiger partial charge < -0.3 is 9.80 Å². The van der Waals surface area contributed by atoms with E-state index in [1.54, 1.807) is 0 Å². The normalized spacial score (nSPS) is 13.4. The number of rotatable bonds is 8. The van der Waals surface area contributed by atoms with E-state index in [1.165, 1.54) is 44.5 Å². The van der Waals surface area contributed by atoms with Crippen molar-refractivity contribution in [1.82, 2.24) is 4.98 Å². The Labute approximate surface area is 364 Å². The first-order chi connectivity index (χ1) is 30.4. The minimum atomic E-state index is -0.384. The summed E-state index contributed by atoms with van der Waals surface area (Å²) in [5.74, 6) is 0. The Kier molecular flexibility index (Phi) is 9.94. The first kappa shape index (κ1) is 38.5. The van der Waals surface area contributed by atoms with Gasteiger partial charge in [-0.15, -0.1) is 0 Å². The van der Waals surface area contributed by atoms with Gasteiger partial charge in [0.2, 0.25) is 0 Å². The molecular formula is C59H47N3. The van der Waals surface area contributed by atoms with Crippen LogP contribution in [0.15, 0.2) is 213 Å². The molecule has 0 atom stereocenters. The van der Waals surface area contributed by atoms with E-state index in [0.29, 0.717) is 0 Å². The van der Waals surface area contributed by atoms with Crippen LogP contribution >= 0.6 is 0 Å². The summed E-state index contributed by atoms with van der Waals surface area (Å²) in [6, 6.07) is 72.3. The lowest BCUT2D eigenvalue weighted by atomic mass is 9.72. The van der Waals surface area contributed by atoms with Crippen molar-refractivity contribution in [3.63, 3.8) is 0 Å². The van der Waals surface area contributed by atoms with Gasteiger partial charge in [-0.3, -0.25) is 0 Å². The van der Waals surface area contributed by atoms with Crippen molar-refractivity contribution in [3.8, 4) is 33.5 Å². The topological polar surface area (TPSA) is 19.4 Å². The molecule has 0 unspecified atom stereocenters. The second-order valence-electron chi connectivity index (χ2n) is 16.4. The molecule has 10 rings (SSSR count). The summed E-state index contributed by atoms with van der Waals surface area (Å²) >= 11 is 0. The second-order valence-corrected chi connectivity index (χ2v) is 16.4. The van der Waals surface area contributed by atoms with Crippen molar-refractivity contribution >= 4 is 57.0 Å². The zero-order valence-corrected chi connectivity index (χ0v) is 35.3. The van der Waals surface area contributed by atoms with Crippen LogP contribution in [0.3, 0.4) is 0 Å². The lowest BCUT2D eigenvalue weighted by Gasteiger charge is -2.43. The Morgan fingerprint density at radius 1 is 0.500 bits per heavy atom. The van der Waals surface area contributed by atoms with E-state index in [2.05, 4.69) is 243 Å². The van der Waals surface area contributed by atoms with Gasteiger partial charge in [0, 0.05) is 44.3 Å². The fourth-order valence-corrected chi connectivity index (χ4v) is 9.25. The number of benzene rings is 8. The average Bonchev–Trinajstić information content (AvgIpc) is 3.33. The molecule has 0 fully saturated rings. The Balaban J connectivity index is 1.15. The minimum Gasteiger partial charge on any atom is -0.310 e. The van der Waals surface area contributed by atoms with Gasteiger partial charge in [0.15, 0.2) is 0 Å². The summed E-state index contributed by atoms with van der Waals surface area (Å²) in [6.07, 6.45) is 5.99. The zero-order valence-electron chi connectivity index (χ0n) is 35.3. The molecule has 1 aromatic heterocycles. The molecule has 0 N–H and O–H groups in total. The molecule has 0 amide bonds. The number of para-hydroxylation sites is 1. The quantitative estimate of drug-likeness (QED) is 0.153. The van der Waals surface area contributed by atoms with Crippen LogP contribution in [0.5, 0.6) is 0 Å². The third kappa shape index (κ3) is 6.78. The van der Waals surface area contributed by atoms with Crippen LogP contribution in [0.2, 0.25) is 0 Å². The highest BCUT2D eigenvalue weighted by molar-refractivity contribution is 5.97. The van der Waals surface area contributed by atoms with Crippen LogP contribution in [-0.4, -0.2) is 4.98 Å². The zero-order chi connectivity index (χ0) is 42.2. The molecular weight excluding hydrogens is 751 g/mol. The van der Waals surface area contributed by atoms with Crippen molar-refractivity contribution in [1.29, 1.82) is 0 Å². The van der Waals surface area contributed by atoms with E-state index in [-0.39, 0.29) is 5.41 Å². The van der Waals surface area contributed by atoms with E-state index in [0.717, 1.165) is 55.6 Å². The number of anilines is 6. The highest BCUT2D eigenvalue weighted by atomic mass is 15.2. The summed E-state index contributed by atoms with van der Waals surface area (Å²) in [5, 5.41) is 4.35. The molecule has 3 nitrogen and oxygen atoms in total. The van der Waals surface area contributed by atoms with E-state index < -0.39 is 0 Å². The summed E-state index contributed by atoms with van der Waals surface area (Å²) in [7, 11) is 0.